The Balaban J connectivity index is 2.78. The number of aromatic hydroxyl groups is 1. The molecule has 0 spiro atoms. The third kappa shape index (κ3) is 1.89. The molecule has 0 saturated heterocycles. The molecular weight excluding hydrogens is 154 g/mol. The minimum Gasteiger partial charge on any atom is -0.504 e. The van der Waals surface area contributed by atoms with Crippen molar-refractivity contribution in [3.05, 3.63) is 23.8 Å². The van der Waals surface area contributed by atoms with Crippen LogP contribution >= 0.6 is 0 Å². The Bertz CT molecular complexity index is 261. The summed E-state index contributed by atoms with van der Waals surface area (Å²) in [6.07, 6.45) is 0. The van der Waals surface area contributed by atoms with E-state index in [1.807, 2.05) is 19.1 Å². The van der Waals surface area contributed by atoms with E-state index in [1.165, 1.54) is 0 Å². The Labute approximate surface area is 71.8 Å². The van der Waals surface area contributed by atoms with Crippen LogP contribution in [-0.4, -0.2) is 18.3 Å². The number of aryl methyl sites for hydroxylation is 1. The number of phenols is 1. The van der Waals surface area contributed by atoms with E-state index < -0.39 is 0 Å². The Morgan fingerprint density at radius 1 is 1.50 bits per heavy atom. The first-order valence-corrected chi connectivity index (χ1v) is 3.87. The summed E-state index contributed by atoms with van der Waals surface area (Å²) in [5, 5.41) is 9.46. The van der Waals surface area contributed by atoms with Crippen molar-refractivity contribution in [2.24, 2.45) is 5.73 Å². The molecule has 0 aromatic heterocycles. The molecule has 0 amide bonds. The van der Waals surface area contributed by atoms with Crippen LogP contribution in [0.1, 0.15) is 5.56 Å². The van der Waals surface area contributed by atoms with Gasteiger partial charge in [0.2, 0.25) is 0 Å². The van der Waals surface area contributed by atoms with Gasteiger partial charge in [0.1, 0.15) is 6.61 Å². The minimum atomic E-state index is 0.200. The van der Waals surface area contributed by atoms with Gasteiger partial charge in [-0.25, -0.2) is 0 Å². The van der Waals surface area contributed by atoms with E-state index in [-0.39, 0.29) is 5.75 Å². The molecular formula is C9H13NO2. The molecule has 3 N–H and O–H groups in total. The maximum atomic E-state index is 9.46. The SMILES string of the molecule is Cc1cccc(OCCN)c1O. The summed E-state index contributed by atoms with van der Waals surface area (Å²) in [4.78, 5) is 0. The highest BCUT2D eigenvalue weighted by Gasteiger charge is 2.02. The Morgan fingerprint density at radius 3 is 2.92 bits per heavy atom. The fourth-order valence-electron chi connectivity index (χ4n) is 0.917. The van der Waals surface area contributed by atoms with Gasteiger partial charge in [-0.2, -0.15) is 0 Å². The van der Waals surface area contributed by atoms with E-state index in [0.717, 1.165) is 5.56 Å². The summed E-state index contributed by atoms with van der Waals surface area (Å²) in [6.45, 7) is 2.70. The minimum absolute atomic E-state index is 0.200. The second kappa shape index (κ2) is 3.97. The highest BCUT2D eigenvalue weighted by molar-refractivity contribution is 5.44. The molecule has 3 heteroatoms. The summed E-state index contributed by atoms with van der Waals surface area (Å²) >= 11 is 0. The van der Waals surface area contributed by atoms with Crippen molar-refractivity contribution in [1.29, 1.82) is 0 Å². The number of para-hydroxylation sites is 1. The van der Waals surface area contributed by atoms with Crippen LogP contribution in [0.25, 0.3) is 0 Å². The van der Waals surface area contributed by atoms with Crippen molar-refractivity contribution in [1.82, 2.24) is 0 Å². The second-order valence-corrected chi connectivity index (χ2v) is 2.56. The average Bonchev–Trinajstić information content (AvgIpc) is 2.08. The Hall–Kier alpha value is -1.22. The van der Waals surface area contributed by atoms with E-state index >= 15 is 0 Å². The van der Waals surface area contributed by atoms with Crippen LogP contribution in [0, 0.1) is 6.92 Å². The quantitative estimate of drug-likeness (QED) is 0.707. The summed E-state index contributed by atoms with van der Waals surface area (Å²) in [6, 6.07) is 5.38. The van der Waals surface area contributed by atoms with E-state index in [1.54, 1.807) is 6.07 Å². The molecule has 3 nitrogen and oxygen atoms in total. The van der Waals surface area contributed by atoms with E-state index in [2.05, 4.69) is 0 Å². The van der Waals surface area contributed by atoms with Crippen LogP contribution in [0.4, 0.5) is 0 Å². The van der Waals surface area contributed by atoms with Crippen molar-refractivity contribution in [2.45, 2.75) is 6.92 Å². The van der Waals surface area contributed by atoms with E-state index in [0.29, 0.717) is 18.9 Å². The van der Waals surface area contributed by atoms with Crippen molar-refractivity contribution < 1.29 is 9.84 Å². The molecule has 1 aromatic carbocycles. The summed E-state index contributed by atoms with van der Waals surface area (Å²) in [5.74, 6) is 0.700. The zero-order valence-corrected chi connectivity index (χ0v) is 7.08. The molecule has 1 aromatic rings. The van der Waals surface area contributed by atoms with Crippen LogP contribution in [-0.2, 0) is 0 Å². The highest BCUT2D eigenvalue weighted by Crippen LogP contribution is 2.28. The molecule has 66 valence electrons. The molecule has 0 bridgehead atoms. The van der Waals surface area contributed by atoms with Gasteiger partial charge in [0.25, 0.3) is 0 Å². The second-order valence-electron chi connectivity index (χ2n) is 2.56. The summed E-state index contributed by atoms with van der Waals surface area (Å²) in [5.41, 5.74) is 6.07. The number of nitrogens with two attached hydrogens (primary N) is 1. The van der Waals surface area contributed by atoms with Crippen LogP contribution < -0.4 is 10.5 Å². The molecule has 0 atom stereocenters. The lowest BCUT2D eigenvalue weighted by Crippen LogP contribution is -2.10. The predicted molar refractivity (Wildman–Crippen MR) is 47.4 cm³/mol. The molecule has 1 rings (SSSR count). The topological polar surface area (TPSA) is 55.5 Å². The molecule has 0 heterocycles. The lowest BCUT2D eigenvalue weighted by Gasteiger charge is -2.07. The zero-order valence-electron chi connectivity index (χ0n) is 7.08. The Morgan fingerprint density at radius 2 is 2.25 bits per heavy atom. The van der Waals surface area contributed by atoms with E-state index in [4.69, 9.17) is 10.5 Å². The van der Waals surface area contributed by atoms with Gasteiger partial charge in [0.05, 0.1) is 0 Å². The van der Waals surface area contributed by atoms with Gasteiger partial charge in [-0.15, -0.1) is 0 Å². The zero-order chi connectivity index (χ0) is 8.97. The standard InChI is InChI=1S/C9H13NO2/c1-7-3-2-4-8(9(7)11)12-6-5-10/h2-4,11H,5-6,10H2,1H3. The molecule has 0 radical (unpaired) electrons. The number of hydrogen-bond donors (Lipinski definition) is 2. The number of benzene rings is 1. The maximum Gasteiger partial charge on any atom is 0.161 e. The van der Waals surface area contributed by atoms with Gasteiger partial charge < -0.3 is 15.6 Å². The van der Waals surface area contributed by atoms with Gasteiger partial charge >= 0.3 is 0 Å². The molecule has 0 aliphatic carbocycles. The highest BCUT2D eigenvalue weighted by atomic mass is 16.5. The van der Waals surface area contributed by atoms with Crippen molar-refractivity contribution >= 4 is 0 Å². The largest absolute Gasteiger partial charge is 0.504 e. The Kier molecular flexibility index (Phi) is 2.94. The van der Waals surface area contributed by atoms with Crippen LogP contribution in [0.15, 0.2) is 18.2 Å². The van der Waals surface area contributed by atoms with Crippen molar-refractivity contribution in [2.75, 3.05) is 13.2 Å². The van der Waals surface area contributed by atoms with Gasteiger partial charge in [-0.3, -0.25) is 0 Å². The fraction of sp³-hybridized carbons (Fsp3) is 0.333. The fourth-order valence-corrected chi connectivity index (χ4v) is 0.917. The van der Waals surface area contributed by atoms with Gasteiger partial charge in [-0.1, -0.05) is 12.1 Å². The molecule has 0 saturated carbocycles. The van der Waals surface area contributed by atoms with Crippen LogP contribution in [0.3, 0.4) is 0 Å². The molecule has 0 aliphatic heterocycles. The molecule has 12 heavy (non-hydrogen) atoms. The summed E-state index contributed by atoms with van der Waals surface area (Å²) < 4.78 is 5.19. The van der Waals surface area contributed by atoms with Crippen molar-refractivity contribution in [3.63, 3.8) is 0 Å². The van der Waals surface area contributed by atoms with Gasteiger partial charge in [0.15, 0.2) is 11.5 Å². The third-order valence-corrected chi connectivity index (χ3v) is 1.58. The molecule has 0 unspecified atom stereocenters. The lowest BCUT2D eigenvalue weighted by atomic mass is 10.2. The van der Waals surface area contributed by atoms with Crippen molar-refractivity contribution in [3.8, 4) is 11.5 Å². The van der Waals surface area contributed by atoms with E-state index in [9.17, 15) is 5.11 Å². The average molecular weight is 167 g/mol. The first-order valence-electron chi connectivity index (χ1n) is 3.87. The van der Waals surface area contributed by atoms with Crippen LogP contribution in [0.2, 0.25) is 0 Å². The monoisotopic (exact) mass is 167 g/mol. The third-order valence-electron chi connectivity index (χ3n) is 1.58. The molecule has 0 aliphatic rings. The normalized spacial score (nSPS) is 9.83. The number of hydrogen-bond acceptors (Lipinski definition) is 3. The maximum absolute atomic E-state index is 9.46. The lowest BCUT2D eigenvalue weighted by molar-refractivity contribution is 0.308. The number of phenolic OH excluding ortho intramolecular Hbond substituents is 1. The first-order chi connectivity index (χ1) is 5.75. The van der Waals surface area contributed by atoms with Gasteiger partial charge in [0, 0.05) is 6.54 Å². The smallest absolute Gasteiger partial charge is 0.161 e. The number of ether oxygens (including phenoxy) is 1. The van der Waals surface area contributed by atoms with Crippen LogP contribution in [0.5, 0.6) is 11.5 Å². The predicted octanol–water partition coefficient (Wildman–Crippen LogP) is 1.04. The van der Waals surface area contributed by atoms with Gasteiger partial charge in [-0.05, 0) is 18.6 Å². The first kappa shape index (κ1) is 8.87. The molecule has 0 fully saturated rings. The number of rotatable bonds is 3. The summed E-state index contributed by atoms with van der Waals surface area (Å²) in [7, 11) is 0.